The molecule has 0 spiro atoms. The van der Waals surface area contributed by atoms with E-state index in [-0.39, 0.29) is 11.7 Å². The third-order valence-corrected chi connectivity index (χ3v) is 5.49. The van der Waals surface area contributed by atoms with Crippen LogP contribution in [0.15, 0.2) is 54.6 Å². The lowest BCUT2D eigenvalue weighted by atomic mass is 10.1. The second-order valence-electron chi connectivity index (χ2n) is 7.83. The molecule has 1 fully saturated rings. The van der Waals surface area contributed by atoms with E-state index in [9.17, 15) is 9.18 Å². The van der Waals surface area contributed by atoms with Gasteiger partial charge in [0.25, 0.3) is 5.91 Å². The smallest absolute Gasteiger partial charge is 0.270 e. The van der Waals surface area contributed by atoms with E-state index in [2.05, 4.69) is 15.3 Å². The van der Waals surface area contributed by atoms with E-state index in [1.54, 1.807) is 22.9 Å². The summed E-state index contributed by atoms with van der Waals surface area (Å²) in [5.41, 5.74) is 3.79. The number of likely N-dealkylation sites (tertiary alicyclic amines) is 1. The van der Waals surface area contributed by atoms with Crippen molar-refractivity contribution >= 4 is 5.91 Å². The van der Waals surface area contributed by atoms with Gasteiger partial charge in [0, 0.05) is 18.7 Å². The molecule has 0 radical (unpaired) electrons. The van der Waals surface area contributed by atoms with Crippen LogP contribution in [-0.4, -0.2) is 46.8 Å². The molecule has 4 rings (SSSR count). The van der Waals surface area contributed by atoms with Crippen LogP contribution < -0.4 is 5.32 Å². The fourth-order valence-electron chi connectivity index (χ4n) is 3.86. The van der Waals surface area contributed by atoms with Gasteiger partial charge in [-0.25, -0.2) is 9.07 Å². The number of hydrogen-bond acceptors (Lipinski definition) is 3. The normalized spacial score (nSPS) is 14.6. The minimum atomic E-state index is -0.299. The number of nitrogens with one attached hydrogen (secondary N) is 1. The first kappa shape index (κ1) is 20.3. The fraction of sp³-hybridized carbons (Fsp3) is 0.333. The summed E-state index contributed by atoms with van der Waals surface area (Å²) in [6.45, 7) is 5.67. The van der Waals surface area contributed by atoms with E-state index in [4.69, 9.17) is 0 Å². The van der Waals surface area contributed by atoms with Crippen molar-refractivity contribution in [2.24, 2.45) is 0 Å². The molecular weight excluding hydrogens is 379 g/mol. The number of aryl methyl sites for hydroxylation is 1. The second-order valence-corrected chi connectivity index (χ2v) is 7.83. The molecule has 0 atom stereocenters. The number of piperidine rings is 1. The molecule has 2 heterocycles. The van der Waals surface area contributed by atoms with E-state index < -0.39 is 0 Å². The number of aromatic nitrogens is 2. The van der Waals surface area contributed by atoms with E-state index in [0.717, 1.165) is 36.4 Å². The molecule has 3 aromatic rings. The summed E-state index contributed by atoms with van der Waals surface area (Å²) in [5, 5.41) is 7.71. The van der Waals surface area contributed by atoms with Crippen LogP contribution in [0, 0.1) is 12.7 Å². The molecule has 1 aliphatic rings. The quantitative estimate of drug-likeness (QED) is 0.667. The van der Waals surface area contributed by atoms with Crippen molar-refractivity contribution in [3.8, 4) is 16.9 Å². The number of carbonyl (C=O) groups excluding carboxylic acids is 1. The highest BCUT2D eigenvalue weighted by Gasteiger charge is 2.18. The average molecular weight is 407 g/mol. The number of amides is 1. The highest BCUT2D eigenvalue weighted by molar-refractivity contribution is 5.94. The Balaban J connectivity index is 1.57. The van der Waals surface area contributed by atoms with Crippen molar-refractivity contribution in [1.29, 1.82) is 0 Å². The minimum Gasteiger partial charge on any atom is -0.349 e. The van der Waals surface area contributed by atoms with Gasteiger partial charge in [-0.05, 0) is 80.9 Å². The molecule has 1 aliphatic heterocycles. The van der Waals surface area contributed by atoms with Crippen molar-refractivity contribution in [3.05, 3.63) is 71.7 Å². The van der Waals surface area contributed by atoms with Gasteiger partial charge in [0.15, 0.2) is 0 Å². The molecule has 5 nitrogen and oxygen atoms in total. The van der Waals surface area contributed by atoms with E-state index in [1.807, 2.05) is 31.2 Å². The highest BCUT2D eigenvalue weighted by Crippen LogP contribution is 2.22. The average Bonchev–Trinajstić information content (AvgIpc) is 3.21. The Morgan fingerprint density at radius 3 is 2.57 bits per heavy atom. The first-order valence-electron chi connectivity index (χ1n) is 10.5. The number of benzene rings is 2. The molecule has 30 heavy (non-hydrogen) atoms. The van der Waals surface area contributed by atoms with E-state index >= 15 is 0 Å². The lowest BCUT2D eigenvalue weighted by molar-refractivity contribution is 0.0939. The predicted molar refractivity (Wildman–Crippen MR) is 116 cm³/mol. The summed E-state index contributed by atoms with van der Waals surface area (Å²) in [6, 6.07) is 15.8. The molecule has 1 aromatic heterocycles. The third-order valence-electron chi connectivity index (χ3n) is 5.49. The van der Waals surface area contributed by atoms with Gasteiger partial charge in [0.05, 0.1) is 11.4 Å². The van der Waals surface area contributed by atoms with Gasteiger partial charge in [-0.2, -0.15) is 5.10 Å². The topological polar surface area (TPSA) is 50.2 Å². The van der Waals surface area contributed by atoms with Gasteiger partial charge in [-0.3, -0.25) is 4.79 Å². The van der Waals surface area contributed by atoms with Crippen LogP contribution in [0.2, 0.25) is 0 Å². The third kappa shape index (κ3) is 4.76. The Morgan fingerprint density at radius 1 is 1.07 bits per heavy atom. The molecule has 6 heteroatoms. The zero-order chi connectivity index (χ0) is 20.9. The summed E-state index contributed by atoms with van der Waals surface area (Å²) >= 11 is 0. The number of rotatable bonds is 6. The predicted octanol–water partition coefficient (Wildman–Crippen LogP) is 4.20. The van der Waals surface area contributed by atoms with Crippen LogP contribution in [0.3, 0.4) is 0 Å². The van der Waals surface area contributed by atoms with Gasteiger partial charge < -0.3 is 10.2 Å². The van der Waals surface area contributed by atoms with Crippen LogP contribution in [0.4, 0.5) is 4.39 Å². The summed E-state index contributed by atoms with van der Waals surface area (Å²) in [6.07, 6.45) is 3.76. The largest absolute Gasteiger partial charge is 0.349 e. The molecule has 0 aliphatic carbocycles. The fourth-order valence-corrected chi connectivity index (χ4v) is 3.86. The van der Waals surface area contributed by atoms with Crippen molar-refractivity contribution in [1.82, 2.24) is 20.0 Å². The first-order chi connectivity index (χ1) is 14.6. The van der Waals surface area contributed by atoms with Gasteiger partial charge >= 0.3 is 0 Å². The summed E-state index contributed by atoms with van der Waals surface area (Å²) in [7, 11) is 0. The first-order valence-corrected chi connectivity index (χ1v) is 10.5. The molecule has 2 aromatic carbocycles. The molecular formula is C24H27FN4O. The Bertz CT molecular complexity index is 1010. The Hall–Kier alpha value is -2.99. The van der Waals surface area contributed by atoms with Crippen molar-refractivity contribution in [2.75, 3.05) is 26.2 Å². The van der Waals surface area contributed by atoms with Crippen LogP contribution in [0.25, 0.3) is 16.9 Å². The van der Waals surface area contributed by atoms with Crippen LogP contribution in [0.1, 0.15) is 35.3 Å². The molecule has 1 amide bonds. The summed E-state index contributed by atoms with van der Waals surface area (Å²) < 4.78 is 15.0. The van der Waals surface area contributed by atoms with Gasteiger partial charge in [-0.15, -0.1) is 0 Å². The Labute approximate surface area is 176 Å². The van der Waals surface area contributed by atoms with Gasteiger partial charge in [0.2, 0.25) is 0 Å². The number of carbonyl (C=O) groups is 1. The summed E-state index contributed by atoms with van der Waals surface area (Å²) in [4.78, 5) is 15.4. The number of halogens is 1. The lowest BCUT2D eigenvalue weighted by Gasteiger charge is -2.26. The van der Waals surface area contributed by atoms with Gasteiger partial charge in [-0.1, -0.05) is 18.6 Å². The van der Waals surface area contributed by atoms with E-state index in [1.165, 1.54) is 31.4 Å². The maximum Gasteiger partial charge on any atom is 0.270 e. The maximum absolute atomic E-state index is 13.3. The van der Waals surface area contributed by atoms with Crippen molar-refractivity contribution in [2.45, 2.75) is 26.2 Å². The van der Waals surface area contributed by atoms with Crippen LogP contribution >= 0.6 is 0 Å². The van der Waals surface area contributed by atoms with Gasteiger partial charge in [0.1, 0.15) is 11.5 Å². The van der Waals surface area contributed by atoms with Crippen molar-refractivity contribution in [3.63, 3.8) is 0 Å². The zero-order valence-corrected chi connectivity index (χ0v) is 17.3. The zero-order valence-electron chi connectivity index (χ0n) is 17.3. The number of hydrogen-bond donors (Lipinski definition) is 1. The monoisotopic (exact) mass is 406 g/mol. The summed E-state index contributed by atoms with van der Waals surface area (Å²) in [5.74, 6) is -0.457. The number of nitrogens with zero attached hydrogens (tertiary/aromatic N) is 3. The highest BCUT2D eigenvalue weighted by atomic mass is 19.1. The SMILES string of the molecule is Cc1cccc(-n2nc(-c3ccc(F)cc3)cc2C(=O)NCCN2CCCCC2)c1. The molecule has 1 saturated heterocycles. The molecule has 156 valence electrons. The molecule has 0 saturated carbocycles. The minimum absolute atomic E-state index is 0.158. The molecule has 0 unspecified atom stereocenters. The standard InChI is InChI=1S/C24H27FN4O/c1-18-6-5-7-21(16-18)29-23(17-22(27-29)19-8-10-20(25)11-9-19)24(30)26-12-15-28-13-3-2-4-14-28/h5-11,16-17H,2-4,12-15H2,1H3,(H,26,30). The molecule has 1 N–H and O–H groups in total. The Morgan fingerprint density at radius 2 is 1.83 bits per heavy atom. The Kier molecular flexibility index (Phi) is 6.23. The van der Waals surface area contributed by atoms with E-state index in [0.29, 0.717) is 17.9 Å². The van der Waals surface area contributed by atoms with Crippen molar-refractivity contribution < 1.29 is 9.18 Å². The lowest BCUT2D eigenvalue weighted by Crippen LogP contribution is -2.38. The van der Waals surface area contributed by atoms with Crippen LogP contribution in [-0.2, 0) is 0 Å². The van der Waals surface area contributed by atoms with Crippen LogP contribution in [0.5, 0.6) is 0 Å². The molecule has 0 bridgehead atoms. The maximum atomic E-state index is 13.3. The second kappa shape index (κ2) is 9.22.